The highest BCUT2D eigenvalue weighted by Crippen LogP contribution is 2.10. The van der Waals surface area contributed by atoms with E-state index < -0.39 is 0 Å². The standard InChI is InChI=1S/C15H16N2O/c16-14-9-5-4-6-12(14)10-11-17-15(18)13-7-2-1-3-8-13/h1-9H,10-11,16H2,(H,17,18). The fraction of sp³-hybridized carbons (Fsp3) is 0.133. The summed E-state index contributed by atoms with van der Waals surface area (Å²) in [5, 5.41) is 2.88. The van der Waals surface area contributed by atoms with Gasteiger partial charge < -0.3 is 11.1 Å². The molecule has 0 bridgehead atoms. The number of para-hydroxylation sites is 1. The average Bonchev–Trinajstić information content (AvgIpc) is 2.42. The lowest BCUT2D eigenvalue weighted by atomic mass is 10.1. The number of benzene rings is 2. The minimum absolute atomic E-state index is 0.0508. The Hall–Kier alpha value is -2.29. The number of nitrogen functional groups attached to an aromatic ring is 1. The summed E-state index contributed by atoms with van der Waals surface area (Å²) >= 11 is 0. The molecule has 0 saturated heterocycles. The summed E-state index contributed by atoms with van der Waals surface area (Å²) in [4.78, 5) is 11.8. The molecule has 2 aromatic rings. The van der Waals surface area contributed by atoms with E-state index in [4.69, 9.17) is 5.73 Å². The van der Waals surface area contributed by atoms with Crippen molar-refractivity contribution >= 4 is 11.6 Å². The SMILES string of the molecule is Nc1ccccc1CCNC(=O)c1ccccc1. The number of carbonyl (C=O) groups is 1. The third-order valence-electron chi connectivity index (χ3n) is 2.77. The number of rotatable bonds is 4. The average molecular weight is 240 g/mol. The van der Waals surface area contributed by atoms with Crippen LogP contribution in [0.15, 0.2) is 54.6 Å². The van der Waals surface area contributed by atoms with Crippen LogP contribution in [-0.2, 0) is 6.42 Å². The van der Waals surface area contributed by atoms with Gasteiger partial charge in [-0.25, -0.2) is 0 Å². The monoisotopic (exact) mass is 240 g/mol. The normalized spacial score (nSPS) is 10.0. The molecule has 0 fully saturated rings. The third kappa shape index (κ3) is 3.10. The van der Waals surface area contributed by atoms with Gasteiger partial charge in [0.25, 0.3) is 5.91 Å². The molecule has 0 aliphatic carbocycles. The second-order valence-corrected chi connectivity index (χ2v) is 4.07. The Bertz CT molecular complexity index is 523. The fourth-order valence-corrected chi connectivity index (χ4v) is 1.76. The van der Waals surface area contributed by atoms with Crippen molar-refractivity contribution in [2.45, 2.75) is 6.42 Å². The van der Waals surface area contributed by atoms with E-state index in [1.807, 2.05) is 42.5 Å². The first-order valence-electron chi connectivity index (χ1n) is 5.94. The Labute approximate surface area is 107 Å². The van der Waals surface area contributed by atoms with E-state index in [-0.39, 0.29) is 5.91 Å². The summed E-state index contributed by atoms with van der Waals surface area (Å²) in [6.45, 7) is 0.585. The molecule has 2 rings (SSSR count). The number of nitrogens with two attached hydrogens (primary N) is 1. The molecule has 3 N–H and O–H groups in total. The van der Waals surface area contributed by atoms with Crippen molar-refractivity contribution in [1.29, 1.82) is 0 Å². The molecule has 18 heavy (non-hydrogen) atoms. The highest BCUT2D eigenvalue weighted by molar-refractivity contribution is 5.94. The molecule has 2 aromatic carbocycles. The Morgan fingerprint density at radius 2 is 1.67 bits per heavy atom. The first kappa shape index (κ1) is 12.2. The number of hydrogen-bond donors (Lipinski definition) is 2. The van der Waals surface area contributed by atoms with Gasteiger partial charge in [-0.3, -0.25) is 4.79 Å². The predicted molar refractivity (Wildman–Crippen MR) is 73.3 cm³/mol. The van der Waals surface area contributed by atoms with Crippen LogP contribution in [0.1, 0.15) is 15.9 Å². The highest BCUT2D eigenvalue weighted by atomic mass is 16.1. The number of amides is 1. The van der Waals surface area contributed by atoms with Crippen LogP contribution in [-0.4, -0.2) is 12.5 Å². The van der Waals surface area contributed by atoms with Crippen LogP contribution in [0.25, 0.3) is 0 Å². The molecule has 0 aliphatic rings. The molecule has 0 atom stereocenters. The van der Waals surface area contributed by atoms with E-state index >= 15 is 0 Å². The maximum absolute atomic E-state index is 11.8. The Morgan fingerprint density at radius 3 is 2.39 bits per heavy atom. The van der Waals surface area contributed by atoms with Crippen LogP contribution in [0.3, 0.4) is 0 Å². The summed E-state index contributed by atoms with van der Waals surface area (Å²) in [5.74, 6) is -0.0508. The molecule has 0 radical (unpaired) electrons. The van der Waals surface area contributed by atoms with Gasteiger partial charge in [0.05, 0.1) is 0 Å². The molecule has 0 spiro atoms. The van der Waals surface area contributed by atoms with Gasteiger partial charge in [-0.2, -0.15) is 0 Å². The lowest BCUT2D eigenvalue weighted by Gasteiger charge is -2.07. The zero-order chi connectivity index (χ0) is 12.8. The van der Waals surface area contributed by atoms with Crippen molar-refractivity contribution in [2.24, 2.45) is 0 Å². The zero-order valence-electron chi connectivity index (χ0n) is 10.1. The van der Waals surface area contributed by atoms with Gasteiger partial charge in [-0.05, 0) is 30.2 Å². The molecule has 0 aromatic heterocycles. The van der Waals surface area contributed by atoms with E-state index in [2.05, 4.69) is 5.32 Å². The summed E-state index contributed by atoms with van der Waals surface area (Å²) in [6, 6.07) is 16.9. The van der Waals surface area contributed by atoms with Crippen LogP contribution < -0.4 is 11.1 Å². The van der Waals surface area contributed by atoms with E-state index in [0.717, 1.165) is 17.7 Å². The second kappa shape index (κ2) is 5.87. The van der Waals surface area contributed by atoms with Crippen molar-refractivity contribution in [3.8, 4) is 0 Å². The summed E-state index contributed by atoms with van der Waals surface area (Å²) in [7, 11) is 0. The minimum Gasteiger partial charge on any atom is -0.399 e. The summed E-state index contributed by atoms with van der Waals surface area (Å²) in [5.41, 5.74) is 8.35. The fourth-order valence-electron chi connectivity index (χ4n) is 1.76. The first-order chi connectivity index (χ1) is 8.77. The van der Waals surface area contributed by atoms with Crippen molar-refractivity contribution in [3.05, 3.63) is 65.7 Å². The maximum Gasteiger partial charge on any atom is 0.251 e. The lowest BCUT2D eigenvalue weighted by Crippen LogP contribution is -2.25. The molecular weight excluding hydrogens is 224 g/mol. The molecule has 0 aliphatic heterocycles. The van der Waals surface area contributed by atoms with E-state index in [0.29, 0.717) is 12.1 Å². The molecule has 0 unspecified atom stereocenters. The summed E-state index contributed by atoms with van der Waals surface area (Å²) < 4.78 is 0. The van der Waals surface area contributed by atoms with Crippen molar-refractivity contribution in [3.63, 3.8) is 0 Å². The van der Waals surface area contributed by atoms with Gasteiger partial charge >= 0.3 is 0 Å². The minimum atomic E-state index is -0.0508. The van der Waals surface area contributed by atoms with Crippen LogP contribution in [0, 0.1) is 0 Å². The molecule has 1 amide bonds. The van der Waals surface area contributed by atoms with E-state index in [9.17, 15) is 4.79 Å². The quantitative estimate of drug-likeness (QED) is 0.805. The number of anilines is 1. The van der Waals surface area contributed by atoms with Crippen molar-refractivity contribution < 1.29 is 4.79 Å². The van der Waals surface area contributed by atoms with E-state index in [1.165, 1.54) is 0 Å². The third-order valence-corrected chi connectivity index (χ3v) is 2.77. The zero-order valence-corrected chi connectivity index (χ0v) is 10.1. The maximum atomic E-state index is 11.8. The Balaban J connectivity index is 1.86. The molecule has 3 nitrogen and oxygen atoms in total. The second-order valence-electron chi connectivity index (χ2n) is 4.07. The largest absolute Gasteiger partial charge is 0.399 e. The van der Waals surface area contributed by atoms with Gasteiger partial charge in [0, 0.05) is 17.8 Å². The van der Waals surface area contributed by atoms with Gasteiger partial charge in [0.1, 0.15) is 0 Å². The topological polar surface area (TPSA) is 55.1 Å². The van der Waals surface area contributed by atoms with Crippen LogP contribution in [0.2, 0.25) is 0 Å². The van der Waals surface area contributed by atoms with Gasteiger partial charge in [-0.1, -0.05) is 36.4 Å². The molecule has 3 heteroatoms. The molecular formula is C15H16N2O. The number of nitrogens with one attached hydrogen (secondary N) is 1. The van der Waals surface area contributed by atoms with Gasteiger partial charge in [-0.15, -0.1) is 0 Å². The lowest BCUT2D eigenvalue weighted by molar-refractivity contribution is 0.0954. The van der Waals surface area contributed by atoms with Gasteiger partial charge in [0.2, 0.25) is 0 Å². The smallest absolute Gasteiger partial charge is 0.251 e. The van der Waals surface area contributed by atoms with E-state index in [1.54, 1.807) is 12.1 Å². The van der Waals surface area contributed by atoms with Gasteiger partial charge in [0.15, 0.2) is 0 Å². The Morgan fingerprint density at radius 1 is 1.00 bits per heavy atom. The van der Waals surface area contributed by atoms with Crippen LogP contribution in [0.4, 0.5) is 5.69 Å². The summed E-state index contributed by atoms with van der Waals surface area (Å²) in [6.07, 6.45) is 0.741. The number of carbonyl (C=O) groups excluding carboxylic acids is 1. The van der Waals surface area contributed by atoms with Crippen molar-refractivity contribution in [1.82, 2.24) is 5.32 Å². The van der Waals surface area contributed by atoms with Crippen LogP contribution in [0.5, 0.6) is 0 Å². The molecule has 92 valence electrons. The predicted octanol–water partition coefficient (Wildman–Crippen LogP) is 2.24. The number of hydrogen-bond acceptors (Lipinski definition) is 2. The van der Waals surface area contributed by atoms with Crippen LogP contribution >= 0.6 is 0 Å². The Kier molecular flexibility index (Phi) is 3.97. The first-order valence-corrected chi connectivity index (χ1v) is 5.94. The highest BCUT2D eigenvalue weighted by Gasteiger charge is 2.04. The molecule has 0 heterocycles. The van der Waals surface area contributed by atoms with Crippen molar-refractivity contribution in [2.75, 3.05) is 12.3 Å². The molecule has 0 saturated carbocycles.